The van der Waals surface area contributed by atoms with Crippen LogP contribution in [0.5, 0.6) is 0 Å². The van der Waals surface area contributed by atoms with Gasteiger partial charge in [0, 0.05) is 22.3 Å². The molecule has 0 bridgehead atoms. The first-order valence-corrected chi connectivity index (χ1v) is 8.29. The summed E-state index contributed by atoms with van der Waals surface area (Å²) in [6.07, 6.45) is 5.58. The topological polar surface area (TPSA) is 32.3 Å². The number of hydrogen-bond acceptors (Lipinski definition) is 3. The highest BCUT2D eigenvalue weighted by atomic mass is 32.1. The van der Waals surface area contributed by atoms with Gasteiger partial charge in [0.2, 0.25) is 0 Å². The van der Waals surface area contributed by atoms with Crippen LogP contribution in [0, 0.1) is 0 Å². The Morgan fingerprint density at radius 1 is 1.21 bits per heavy atom. The highest BCUT2D eigenvalue weighted by molar-refractivity contribution is 7.12. The second-order valence-corrected chi connectivity index (χ2v) is 7.88. The highest BCUT2D eigenvalue weighted by Gasteiger charge is 2.21. The van der Waals surface area contributed by atoms with Crippen LogP contribution in [0.4, 0.5) is 0 Å². The largest absolute Gasteiger partial charge is 0.392 e. The van der Waals surface area contributed by atoms with Crippen molar-refractivity contribution in [2.75, 3.05) is 0 Å². The van der Waals surface area contributed by atoms with Crippen LogP contribution in [0.2, 0.25) is 0 Å². The molecule has 0 spiro atoms. The Morgan fingerprint density at radius 3 is 2.63 bits per heavy atom. The third kappa shape index (κ3) is 4.30. The van der Waals surface area contributed by atoms with E-state index in [0.717, 1.165) is 19.4 Å². The summed E-state index contributed by atoms with van der Waals surface area (Å²) in [7, 11) is 0. The maximum absolute atomic E-state index is 10.1. The zero-order chi connectivity index (χ0) is 13.9. The molecule has 1 aliphatic carbocycles. The molecule has 1 aromatic rings. The van der Waals surface area contributed by atoms with Gasteiger partial charge in [0.15, 0.2) is 0 Å². The van der Waals surface area contributed by atoms with Gasteiger partial charge in [-0.05, 0) is 30.4 Å². The molecule has 1 heterocycles. The molecule has 1 saturated carbocycles. The van der Waals surface area contributed by atoms with Crippen LogP contribution >= 0.6 is 11.3 Å². The van der Waals surface area contributed by atoms with Crippen LogP contribution in [-0.2, 0) is 12.0 Å². The fourth-order valence-corrected chi connectivity index (χ4v) is 3.65. The van der Waals surface area contributed by atoms with Crippen LogP contribution in [0.15, 0.2) is 12.1 Å². The standard InChI is InChI=1S/C16H27NOS/c1-16(2,3)15-10-9-12(19-15)11-17-13-7-5-4-6-8-14(13)18/h9-10,13-14,17-18H,4-8,11H2,1-3H3. The SMILES string of the molecule is CC(C)(C)c1ccc(CNC2CCCCCC2O)s1. The zero-order valence-electron chi connectivity index (χ0n) is 12.4. The van der Waals surface area contributed by atoms with Crippen LogP contribution in [0.1, 0.15) is 62.6 Å². The number of aliphatic hydroxyl groups is 1. The number of rotatable bonds is 3. The van der Waals surface area contributed by atoms with E-state index in [1.165, 1.54) is 29.0 Å². The summed E-state index contributed by atoms with van der Waals surface area (Å²) in [6, 6.07) is 4.75. The van der Waals surface area contributed by atoms with Gasteiger partial charge in [-0.3, -0.25) is 0 Å². The molecule has 0 saturated heterocycles. The van der Waals surface area contributed by atoms with E-state index in [1.807, 2.05) is 11.3 Å². The molecule has 0 aliphatic heterocycles. The van der Waals surface area contributed by atoms with Gasteiger partial charge in [0.1, 0.15) is 0 Å². The van der Waals surface area contributed by atoms with Crippen molar-refractivity contribution < 1.29 is 5.11 Å². The van der Waals surface area contributed by atoms with Gasteiger partial charge >= 0.3 is 0 Å². The summed E-state index contributed by atoms with van der Waals surface area (Å²) in [5.41, 5.74) is 0.241. The quantitative estimate of drug-likeness (QED) is 0.825. The van der Waals surface area contributed by atoms with E-state index in [2.05, 4.69) is 38.2 Å². The molecular weight excluding hydrogens is 254 g/mol. The van der Waals surface area contributed by atoms with Crippen LogP contribution in [0.3, 0.4) is 0 Å². The predicted octanol–water partition coefficient (Wildman–Crippen LogP) is 3.83. The van der Waals surface area contributed by atoms with Crippen molar-refractivity contribution in [3.63, 3.8) is 0 Å². The van der Waals surface area contributed by atoms with E-state index in [0.29, 0.717) is 0 Å². The molecule has 108 valence electrons. The molecule has 2 unspecified atom stereocenters. The smallest absolute Gasteiger partial charge is 0.0693 e. The lowest BCUT2D eigenvalue weighted by Crippen LogP contribution is -2.38. The Morgan fingerprint density at radius 2 is 1.95 bits per heavy atom. The Balaban J connectivity index is 1.89. The van der Waals surface area contributed by atoms with E-state index in [1.54, 1.807) is 0 Å². The highest BCUT2D eigenvalue weighted by Crippen LogP contribution is 2.29. The van der Waals surface area contributed by atoms with Crippen molar-refractivity contribution in [2.24, 2.45) is 0 Å². The van der Waals surface area contributed by atoms with Gasteiger partial charge in [-0.15, -0.1) is 11.3 Å². The fraction of sp³-hybridized carbons (Fsp3) is 0.750. The first-order chi connectivity index (χ1) is 8.97. The minimum atomic E-state index is -0.162. The molecule has 1 aromatic heterocycles. The van der Waals surface area contributed by atoms with Crippen molar-refractivity contribution in [3.8, 4) is 0 Å². The second-order valence-electron chi connectivity index (χ2n) is 6.71. The lowest BCUT2D eigenvalue weighted by Gasteiger charge is -2.21. The van der Waals surface area contributed by atoms with Crippen LogP contribution < -0.4 is 5.32 Å². The van der Waals surface area contributed by atoms with E-state index in [-0.39, 0.29) is 17.6 Å². The van der Waals surface area contributed by atoms with Crippen LogP contribution in [-0.4, -0.2) is 17.3 Å². The maximum Gasteiger partial charge on any atom is 0.0693 e. The summed E-state index contributed by atoms with van der Waals surface area (Å²) in [5, 5.41) is 13.7. The number of nitrogens with one attached hydrogen (secondary N) is 1. The Labute approximate surface area is 121 Å². The van der Waals surface area contributed by atoms with E-state index >= 15 is 0 Å². The predicted molar refractivity (Wildman–Crippen MR) is 82.7 cm³/mol. The van der Waals surface area contributed by atoms with Crippen molar-refractivity contribution in [1.29, 1.82) is 0 Å². The second kappa shape index (κ2) is 6.38. The molecule has 0 radical (unpaired) electrons. The third-order valence-electron chi connectivity index (χ3n) is 3.92. The van der Waals surface area contributed by atoms with Gasteiger partial charge in [-0.2, -0.15) is 0 Å². The zero-order valence-corrected chi connectivity index (χ0v) is 13.2. The van der Waals surface area contributed by atoms with E-state index < -0.39 is 0 Å². The summed E-state index contributed by atoms with van der Waals surface area (Å²) < 4.78 is 0. The third-order valence-corrected chi connectivity index (χ3v) is 5.43. The van der Waals surface area contributed by atoms with Crippen molar-refractivity contribution in [3.05, 3.63) is 21.9 Å². The summed E-state index contributed by atoms with van der Waals surface area (Å²) >= 11 is 1.89. The van der Waals surface area contributed by atoms with Crippen molar-refractivity contribution >= 4 is 11.3 Å². The fourth-order valence-electron chi connectivity index (χ4n) is 2.63. The van der Waals surface area contributed by atoms with Crippen LogP contribution in [0.25, 0.3) is 0 Å². The Hall–Kier alpha value is -0.380. The average molecular weight is 281 g/mol. The normalized spacial score (nSPS) is 25.3. The molecule has 2 nitrogen and oxygen atoms in total. The molecule has 3 heteroatoms. The van der Waals surface area contributed by atoms with Gasteiger partial charge in [-0.25, -0.2) is 0 Å². The number of aliphatic hydroxyl groups excluding tert-OH is 1. The molecule has 0 amide bonds. The molecule has 1 aliphatic rings. The number of thiophene rings is 1. The molecule has 0 aromatic carbocycles. The average Bonchev–Trinajstić information content (AvgIpc) is 2.72. The molecule has 2 rings (SSSR count). The molecule has 1 fully saturated rings. The molecule has 19 heavy (non-hydrogen) atoms. The minimum absolute atomic E-state index is 0.162. The lowest BCUT2D eigenvalue weighted by atomic mass is 9.95. The summed E-state index contributed by atoms with van der Waals surface area (Å²) in [4.78, 5) is 2.81. The number of hydrogen-bond donors (Lipinski definition) is 2. The molecule has 2 N–H and O–H groups in total. The first-order valence-electron chi connectivity index (χ1n) is 7.47. The molecule has 2 atom stereocenters. The Kier molecular flexibility index (Phi) is 5.04. The van der Waals surface area contributed by atoms with Crippen molar-refractivity contribution in [2.45, 2.75) is 77.0 Å². The summed E-state index contributed by atoms with van der Waals surface area (Å²) in [6.45, 7) is 7.66. The lowest BCUT2D eigenvalue weighted by molar-refractivity contribution is 0.119. The monoisotopic (exact) mass is 281 g/mol. The minimum Gasteiger partial charge on any atom is -0.392 e. The maximum atomic E-state index is 10.1. The van der Waals surface area contributed by atoms with Gasteiger partial charge in [-0.1, -0.05) is 40.0 Å². The van der Waals surface area contributed by atoms with Gasteiger partial charge in [0.25, 0.3) is 0 Å². The first kappa shape index (κ1) is 15.0. The molecular formula is C16H27NOS. The Bertz CT molecular complexity index is 394. The van der Waals surface area contributed by atoms with E-state index in [9.17, 15) is 5.11 Å². The van der Waals surface area contributed by atoms with Gasteiger partial charge in [0.05, 0.1) is 6.10 Å². The van der Waals surface area contributed by atoms with Gasteiger partial charge < -0.3 is 10.4 Å². The van der Waals surface area contributed by atoms with E-state index in [4.69, 9.17) is 0 Å². The summed E-state index contributed by atoms with van der Waals surface area (Å²) in [5.74, 6) is 0. The van der Waals surface area contributed by atoms with Crippen molar-refractivity contribution in [1.82, 2.24) is 5.32 Å².